The van der Waals surface area contributed by atoms with E-state index in [4.69, 9.17) is 0 Å². The number of hydrogen-bond acceptors (Lipinski definition) is 2. The number of urea groups is 1. The summed E-state index contributed by atoms with van der Waals surface area (Å²) >= 11 is 0. The molecule has 1 aliphatic rings. The van der Waals surface area contributed by atoms with Crippen LogP contribution in [0.4, 0.5) is 9.18 Å². The van der Waals surface area contributed by atoms with Crippen LogP contribution in [0.15, 0.2) is 24.3 Å². The van der Waals surface area contributed by atoms with E-state index >= 15 is 0 Å². The van der Waals surface area contributed by atoms with Gasteiger partial charge in [-0.3, -0.25) is 4.79 Å². The molecule has 1 aliphatic heterocycles. The van der Waals surface area contributed by atoms with Crippen molar-refractivity contribution >= 4 is 11.9 Å². The first-order valence-corrected chi connectivity index (χ1v) is 8.35. The second-order valence-electron chi connectivity index (χ2n) is 6.69. The number of amides is 3. The Bertz CT molecular complexity index is 583. The summed E-state index contributed by atoms with van der Waals surface area (Å²) in [6.45, 7) is 4.30. The molecular weight excluding hydrogens is 309 g/mol. The average molecular weight is 335 g/mol. The highest BCUT2D eigenvalue weighted by molar-refractivity contribution is 5.77. The van der Waals surface area contributed by atoms with Crippen LogP contribution >= 0.6 is 0 Å². The topological polar surface area (TPSA) is 43.9 Å². The second kappa shape index (κ2) is 8.13. The van der Waals surface area contributed by atoms with Crippen LogP contribution in [-0.2, 0) is 11.2 Å². The Kier molecular flexibility index (Phi) is 6.17. The van der Waals surface area contributed by atoms with E-state index in [2.05, 4.69) is 0 Å². The van der Waals surface area contributed by atoms with Gasteiger partial charge in [-0.1, -0.05) is 19.1 Å². The summed E-state index contributed by atoms with van der Waals surface area (Å²) in [5.41, 5.74) is 0.914. The van der Waals surface area contributed by atoms with Crippen LogP contribution in [0.2, 0.25) is 0 Å². The first kappa shape index (κ1) is 18.2. The summed E-state index contributed by atoms with van der Waals surface area (Å²) < 4.78 is 13.2. The van der Waals surface area contributed by atoms with E-state index in [-0.39, 0.29) is 23.7 Å². The van der Waals surface area contributed by atoms with Gasteiger partial charge in [0.1, 0.15) is 5.82 Å². The van der Waals surface area contributed by atoms with Crippen LogP contribution < -0.4 is 0 Å². The lowest BCUT2D eigenvalue weighted by Gasteiger charge is -2.36. The smallest absolute Gasteiger partial charge is 0.319 e. The van der Waals surface area contributed by atoms with E-state index in [0.717, 1.165) is 5.56 Å². The minimum atomic E-state index is -0.243. The first-order chi connectivity index (χ1) is 11.4. The predicted octanol–water partition coefficient (Wildman–Crippen LogP) is 2.22. The number of halogens is 1. The van der Waals surface area contributed by atoms with Gasteiger partial charge in [0.25, 0.3) is 0 Å². The molecule has 1 aromatic rings. The fraction of sp³-hybridized carbons (Fsp3) is 0.556. The number of benzene rings is 1. The standard InChI is InChI=1S/C18H26FN3O2/c1-14(11-15-5-4-6-16(19)13-15)12-17(23)21-7-9-22(10-8-21)18(24)20(2)3/h4-6,13-14H,7-12H2,1-3H3/t14-/m1/s1. The van der Waals surface area contributed by atoms with E-state index in [0.29, 0.717) is 39.0 Å². The van der Waals surface area contributed by atoms with Crippen LogP contribution in [0.3, 0.4) is 0 Å². The minimum absolute atomic E-state index is 0.0124. The Morgan fingerprint density at radius 2 is 1.79 bits per heavy atom. The molecule has 1 aromatic carbocycles. The third-order valence-corrected chi connectivity index (χ3v) is 4.28. The van der Waals surface area contributed by atoms with Crippen molar-refractivity contribution in [2.24, 2.45) is 5.92 Å². The minimum Gasteiger partial charge on any atom is -0.339 e. The maximum atomic E-state index is 13.2. The van der Waals surface area contributed by atoms with Crippen molar-refractivity contribution in [1.29, 1.82) is 0 Å². The molecule has 1 saturated heterocycles. The highest BCUT2D eigenvalue weighted by Gasteiger charge is 2.25. The van der Waals surface area contributed by atoms with Gasteiger partial charge in [-0.15, -0.1) is 0 Å². The maximum absolute atomic E-state index is 13.2. The molecule has 3 amide bonds. The molecule has 0 N–H and O–H groups in total. The maximum Gasteiger partial charge on any atom is 0.319 e. The first-order valence-electron chi connectivity index (χ1n) is 8.35. The van der Waals surface area contributed by atoms with Crippen LogP contribution in [0.5, 0.6) is 0 Å². The van der Waals surface area contributed by atoms with Crippen molar-refractivity contribution in [2.45, 2.75) is 19.8 Å². The number of rotatable bonds is 4. The van der Waals surface area contributed by atoms with Crippen molar-refractivity contribution in [3.05, 3.63) is 35.6 Å². The second-order valence-corrected chi connectivity index (χ2v) is 6.69. The zero-order valence-corrected chi connectivity index (χ0v) is 14.7. The molecule has 1 atom stereocenters. The molecule has 24 heavy (non-hydrogen) atoms. The third kappa shape index (κ3) is 4.94. The molecule has 132 valence electrons. The van der Waals surface area contributed by atoms with E-state index in [1.54, 1.807) is 30.0 Å². The third-order valence-electron chi connectivity index (χ3n) is 4.28. The van der Waals surface area contributed by atoms with Gasteiger partial charge in [0.15, 0.2) is 0 Å². The van der Waals surface area contributed by atoms with Gasteiger partial charge >= 0.3 is 6.03 Å². The van der Waals surface area contributed by atoms with E-state index in [1.165, 1.54) is 12.1 Å². The summed E-state index contributed by atoms with van der Waals surface area (Å²) in [4.78, 5) is 29.5. The predicted molar refractivity (Wildman–Crippen MR) is 91.1 cm³/mol. The van der Waals surface area contributed by atoms with Crippen LogP contribution in [0.1, 0.15) is 18.9 Å². The molecule has 0 saturated carbocycles. The quantitative estimate of drug-likeness (QED) is 0.847. The summed E-state index contributed by atoms with van der Waals surface area (Å²) in [7, 11) is 3.46. The van der Waals surface area contributed by atoms with Gasteiger partial charge in [-0.25, -0.2) is 9.18 Å². The molecule has 0 bridgehead atoms. The average Bonchev–Trinajstić information content (AvgIpc) is 2.54. The van der Waals surface area contributed by atoms with Crippen molar-refractivity contribution in [1.82, 2.24) is 14.7 Å². The number of hydrogen-bond donors (Lipinski definition) is 0. The summed E-state index contributed by atoms with van der Waals surface area (Å²) in [5.74, 6) is 0.0179. The molecule has 5 nitrogen and oxygen atoms in total. The van der Waals surface area contributed by atoms with Gasteiger partial charge in [0, 0.05) is 46.7 Å². The molecule has 1 heterocycles. The van der Waals surface area contributed by atoms with Crippen LogP contribution in [-0.4, -0.2) is 66.9 Å². The summed E-state index contributed by atoms with van der Waals surface area (Å²) in [6, 6.07) is 6.51. The normalized spacial score (nSPS) is 16.0. The van der Waals surface area contributed by atoms with Crippen molar-refractivity contribution in [3.8, 4) is 0 Å². The fourth-order valence-electron chi connectivity index (χ4n) is 3.00. The Morgan fingerprint density at radius 1 is 1.17 bits per heavy atom. The Labute approximate surface area is 143 Å². The van der Waals surface area contributed by atoms with E-state index < -0.39 is 0 Å². The lowest BCUT2D eigenvalue weighted by atomic mass is 9.97. The number of carbonyl (C=O) groups is 2. The summed E-state index contributed by atoms with van der Waals surface area (Å²) in [6.07, 6.45) is 1.13. The lowest BCUT2D eigenvalue weighted by molar-refractivity contribution is -0.133. The van der Waals surface area contributed by atoms with E-state index in [9.17, 15) is 14.0 Å². The molecule has 6 heteroatoms. The number of carbonyl (C=O) groups excluding carboxylic acids is 2. The van der Waals surface area contributed by atoms with Crippen molar-refractivity contribution in [2.75, 3.05) is 40.3 Å². The monoisotopic (exact) mass is 335 g/mol. The molecule has 0 radical (unpaired) electrons. The molecule has 0 unspecified atom stereocenters. The molecule has 1 fully saturated rings. The SMILES string of the molecule is C[C@@H](CC(=O)N1CCN(C(=O)N(C)C)CC1)Cc1cccc(F)c1. The highest BCUT2D eigenvalue weighted by atomic mass is 19.1. The van der Waals surface area contributed by atoms with Gasteiger partial charge in [-0.05, 0) is 30.0 Å². The molecular formula is C18H26FN3O2. The molecule has 2 rings (SSSR count). The zero-order chi connectivity index (χ0) is 17.7. The Morgan fingerprint density at radius 3 is 2.38 bits per heavy atom. The van der Waals surface area contributed by atoms with E-state index in [1.807, 2.05) is 17.9 Å². The van der Waals surface area contributed by atoms with Gasteiger partial charge in [0.05, 0.1) is 0 Å². The lowest BCUT2D eigenvalue weighted by Crippen LogP contribution is -2.53. The van der Waals surface area contributed by atoms with Crippen molar-refractivity contribution < 1.29 is 14.0 Å². The van der Waals surface area contributed by atoms with Crippen molar-refractivity contribution in [3.63, 3.8) is 0 Å². The molecule has 0 aromatic heterocycles. The Hall–Kier alpha value is -2.11. The van der Waals surface area contributed by atoms with Crippen LogP contribution in [0.25, 0.3) is 0 Å². The van der Waals surface area contributed by atoms with Gasteiger partial charge < -0.3 is 14.7 Å². The van der Waals surface area contributed by atoms with Crippen LogP contribution in [0, 0.1) is 11.7 Å². The van der Waals surface area contributed by atoms with Gasteiger partial charge in [-0.2, -0.15) is 0 Å². The fourth-order valence-corrected chi connectivity index (χ4v) is 3.00. The number of nitrogens with zero attached hydrogens (tertiary/aromatic N) is 3. The zero-order valence-electron chi connectivity index (χ0n) is 14.7. The van der Waals surface area contributed by atoms with Gasteiger partial charge in [0.2, 0.25) is 5.91 Å². The molecule has 0 aliphatic carbocycles. The molecule has 0 spiro atoms. The number of piperazine rings is 1. The summed E-state index contributed by atoms with van der Waals surface area (Å²) in [5, 5.41) is 0. The highest BCUT2D eigenvalue weighted by Crippen LogP contribution is 2.15. The Balaban J connectivity index is 1.80. The largest absolute Gasteiger partial charge is 0.339 e.